The molecule has 0 saturated carbocycles. The number of halogens is 3. The summed E-state index contributed by atoms with van der Waals surface area (Å²) in [6, 6.07) is 6.90. The van der Waals surface area contributed by atoms with E-state index in [1.165, 1.54) is 0 Å². The normalized spacial score (nSPS) is 14.8. The Morgan fingerprint density at radius 3 is 2.21 bits per heavy atom. The lowest BCUT2D eigenvalue weighted by Crippen LogP contribution is -2.16. The maximum atomic E-state index is 10.5. The highest BCUT2D eigenvalue weighted by atomic mass is 79.9. The molecule has 0 saturated heterocycles. The van der Waals surface area contributed by atoms with E-state index in [2.05, 4.69) is 31.9 Å². The Morgan fingerprint density at radius 1 is 1.29 bits per heavy atom. The van der Waals surface area contributed by atoms with Gasteiger partial charge < -0.3 is 0 Å². The van der Waals surface area contributed by atoms with Crippen molar-refractivity contribution in [3.05, 3.63) is 45.0 Å². The summed E-state index contributed by atoms with van der Waals surface area (Å²) in [7, 11) is 0. The van der Waals surface area contributed by atoms with Gasteiger partial charge in [-0.25, -0.2) is 0 Å². The van der Waals surface area contributed by atoms with Crippen molar-refractivity contribution in [2.75, 3.05) is 0 Å². The fraction of sp³-hybridized carbons (Fsp3) is 0.250. The fourth-order valence-corrected chi connectivity index (χ4v) is 1.84. The lowest BCUT2D eigenvalue weighted by atomic mass is 10.1. The highest BCUT2D eigenvalue weighted by Crippen LogP contribution is 2.31. The molecule has 1 aromatic carbocycles. The van der Waals surface area contributed by atoms with Crippen molar-refractivity contribution in [3.63, 3.8) is 0 Å². The van der Waals surface area contributed by atoms with Gasteiger partial charge in [0.15, 0.2) is 0 Å². The van der Waals surface area contributed by atoms with E-state index < -0.39 is 9.87 Å². The molecular formula is C8H6Br2ClNO2. The molecule has 0 heterocycles. The van der Waals surface area contributed by atoms with Gasteiger partial charge in [0.2, 0.25) is 0 Å². The average Bonchev–Trinajstić information content (AvgIpc) is 2.16. The number of benzene rings is 1. The summed E-state index contributed by atoms with van der Waals surface area (Å²) in [5.74, 6) is 0. The molecule has 2 atom stereocenters. The van der Waals surface area contributed by atoms with Crippen molar-refractivity contribution < 1.29 is 4.92 Å². The van der Waals surface area contributed by atoms with E-state index >= 15 is 0 Å². The zero-order valence-electron chi connectivity index (χ0n) is 6.86. The SMILES string of the molecule is O=[N+]([O-])C(Br)C(Br)c1ccc(Cl)cc1. The first-order chi connectivity index (χ1) is 6.52. The van der Waals surface area contributed by atoms with Gasteiger partial charge in [0.1, 0.15) is 4.83 Å². The van der Waals surface area contributed by atoms with E-state index in [4.69, 9.17) is 11.6 Å². The highest BCUT2D eigenvalue weighted by molar-refractivity contribution is 9.12. The van der Waals surface area contributed by atoms with Crippen LogP contribution in [0.15, 0.2) is 24.3 Å². The average molecular weight is 343 g/mol. The first-order valence-electron chi connectivity index (χ1n) is 3.69. The lowest BCUT2D eigenvalue weighted by molar-refractivity contribution is -0.492. The molecule has 0 radical (unpaired) electrons. The predicted molar refractivity (Wildman–Crippen MR) is 62.8 cm³/mol. The first kappa shape index (κ1) is 11.9. The molecule has 0 N–H and O–H groups in total. The Balaban J connectivity index is 2.84. The summed E-state index contributed by atoms with van der Waals surface area (Å²) in [6.07, 6.45) is 0. The number of nitrogens with zero attached hydrogens (tertiary/aromatic N) is 1. The third-order valence-electron chi connectivity index (χ3n) is 1.63. The molecule has 0 aliphatic rings. The molecule has 0 bridgehead atoms. The smallest absolute Gasteiger partial charge is 0.263 e. The number of hydrogen-bond acceptors (Lipinski definition) is 2. The minimum atomic E-state index is -0.844. The van der Waals surface area contributed by atoms with Crippen molar-refractivity contribution in [1.82, 2.24) is 0 Å². The van der Waals surface area contributed by atoms with Crippen LogP contribution in [0.1, 0.15) is 10.4 Å². The van der Waals surface area contributed by atoms with Crippen LogP contribution in [0.25, 0.3) is 0 Å². The van der Waals surface area contributed by atoms with E-state index in [0.717, 1.165) is 5.56 Å². The Bertz CT molecular complexity index is 331. The molecule has 6 heteroatoms. The summed E-state index contributed by atoms with van der Waals surface area (Å²) < 4.78 is 0. The second-order valence-electron chi connectivity index (χ2n) is 2.61. The molecule has 0 aliphatic carbocycles. The lowest BCUT2D eigenvalue weighted by Gasteiger charge is -2.10. The Hall–Kier alpha value is -0.130. The molecule has 0 aliphatic heterocycles. The van der Waals surface area contributed by atoms with Crippen molar-refractivity contribution in [3.8, 4) is 0 Å². The summed E-state index contributed by atoms with van der Waals surface area (Å²) >= 11 is 11.9. The molecule has 1 rings (SSSR count). The molecule has 76 valence electrons. The van der Waals surface area contributed by atoms with Crippen LogP contribution in [0.3, 0.4) is 0 Å². The number of alkyl halides is 2. The van der Waals surface area contributed by atoms with Gasteiger partial charge in [0.05, 0.1) is 0 Å². The number of rotatable bonds is 3. The van der Waals surface area contributed by atoms with Crippen LogP contribution < -0.4 is 0 Å². The van der Waals surface area contributed by atoms with E-state index in [-0.39, 0.29) is 4.83 Å². The van der Waals surface area contributed by atoms with Crippen LogP contribution in [0.5, 0.6) is 0 Å². The molecule has 1 aromatic rings. The zero-order chi connectivity index (χ0) is 10.7. The third kappa shape index (κ3) is 2.93. The van der Waals surface area contributed by atoms with Crippen LogP contribution in [0.4, 0.5) is 0 Å². The minimum Gasteiger partial charge on any atom is -0.263 e. The van der Waals surface area contributed by atoms with Crippen LogP contribution in [-0.4, -0.2) is 9.87 Å². The van der Waals surface area contributed by atoms with Crippen molar-refractivity contribution in [1.29, 1.82) is 0 Å². The minimum absolute atomic E-state index is 0.366. The second-order valence-corrected chi connectivity index (χ2v) is 4.97. The van der Waals surface area contributed by atoms with Gasteiger partial charge in [-0.3, -0.25) is 10.1 Å². The van der Waals surface area contributed by atoms with Crippen LogP contribution in [0, 0.1) is 10.1 Å². The van der Waals surface area contributed by atoms with E-state index in [1.807, 2.05) is 0 Å². The number of nitro groups is 1. The molecule has 0 fully saturated rings. The Labute approximate surface area is 103 Å². The summed E-state index contributed by atoms with van der Waals surface area (Å²) in [5.41, 5.74) is 0.813. The van der Waals surface area contributed by atoms with Gasteiger partial charge in [0, 0.05) is 9.95 Å². The standard InChI is InChI=1S/C8H6Br2ClNO2/c9-7(8(10)12(13)14)5-1-3-6(11)4-2-5/h1-4,7-8H. The maximum absolute atomic E-state index is 10.5. The van der Waals surface area contributed by atoms with Gasteiger partial charge in [-0.2, -0.15) is 0 Å². The monoisotopic (exact) mass is 341 g/mol. The highest BCUT2D eigenvalue weighted by Gasteiger charge is 2.27. The van der Waals surface area contributed by atoms with Gasteiger partial charge >= 0.3 is 0 Å². The van der Waals surface area contributed by atoms with Gasteiger partial charge in [-0.1, -0.05) is 39.7 Å². The van der Waals surface area contributed by atoms with Gasteiger partial charge in [-0.05, 0) is 33.6 Å². The van der Waals surface area contributed by atoms with Crippen LogP contribution in [0.2, 0.25) is 5.02 Å². The molecular weight excluding hydrogens is 337 g/mol. The molecule has 3 nitrogen and oxygen atoms in total. The maximum Gasteiger partial charge on any atom is 0.282 e. The van der Waals surface area contributed by atoms with Crippen LogP contribution in [-0.2, 0) is 0 Å². The zero-order valence-corrected chi connectivity index (χ0v) is 10.8. The number of hydrogen-bond donors (Lipinski definition) is 0. The van der Waals surface area contributed by atoms with E-state index in [1.54, 1.807) is 24.3 Å². The van der Waals surface area contributed by atoms with E-state index in [9.17, 15) is 10.1 Å². The predicted octanol–water partition coefficient (Wildman–Crippen LogP) is 3.77. The van der Waals surface area contributed by atoms with Crippen LogP contribution >= 0.6 is 43.5 Å². The van der Waals surface area contributed by atoms with Gasteiger partial charge in [0.25, 0.3) is 4.95 Å². The fourth-order valence-electron chi connectivity index (χ4n) is 0.912. The summed E-state index contributed by atoms with van der Waals surface area (Å²) in [5, 5.41) is 11.1. The molecule has 0 spiro atoms. The molecule has 14 heavy (non-hydrogen) atoms. The quantitative estimate of drug-likeness (QED) is 0.363. The van der Waals surface area contributed by atoms with Crippen molar-refractivity contribution in [2.45, 2.75) is 9.78 Å². The summed E-state index contributed by atoms with van der Waals surface area (Å²) in [4.78, 5) is 8.88. The van der Waals surface area contributed by atoms with Crippen molar-refractivity contribution in [2.24, 2.45) is 0 Å². The molecule has 0 aromatic heterocycles. The first-order valence-corrected chi connectivity index (χ1v) is 5.90. The second kappa shape index (κ2) is 5.09. The molecule has 0 amide bonds. The van der Waals surface area contributed by atoms with Gasteiger partial charge in [-0.15, -0.1) is 0 Å². The Kier molecular flexibility index (Phi) is 4.34. The topological polar surface area (TPSA) is 43.1 Å². The largest absolute Gasteiger partial charge is 0.282 e. The van der Waals surface area contributed by atoms with Crippen molar-refractivity contribution >= 4 is 43.5 Å². The molecule has 2 unspecified atom stereocenters. The summed E-state index contributed by atoms with van der Waals surface area (Å²) in [6.45, 7) is 0. The Morgan fingerprint density at radius 2 is 1.79 bits per heavy atom. The third-order valence-corrected chi connectivity index (χ3v) is 4.49. The van der Waals surface area contributed by atoms with E-state index in [0.29, 0.717) is 5.02 Å².